The first-order chi connectivity index (χ1) is 11.8. The fourth-order valence-corrected chi connectivity index (χ4v) is 4.85. The van der Waals surface area contributed by atoms with Crippen molar-refractivity contribution in [2.24, 2.45) is 0 Å². The number of aromatic nitrogens is 1. The summed E-state index contributed by atoms with van der Waals surface area (Å²) in [5, 5.41) is 14.9. The molecule has 5 heteroatoms. The molecular weight excluding hydrogens is 320 g/mol. The van der Waals surface area contributed by atoms with Crippen LogP contribution in [0.4, 0.5) is 0 Å². The minimum atomic E-state index is -0.331. The summed E-state index contributed by atoms with van der Waals surface area (Å²) >= 11 is 1.73. The van der Waals surface area contributed by atoms with Gasteiger partial charge in [0.1, 0.15) is 11.1 Å². The molecule has 2 heterocycles. The van der Waals surface area contributed by atoms with Gasteiger partial charge in [-0.15, -0.1) is 11.3 Å². The summed E-state index contributed by atoms with van der Waals surface area (Å²) < 4.78 is 5.72. The van der Waals surface area contributed by atoms with Crippen LogP contribution in [0.25, 0.3) is 0 Å². The lowest BCUT2D eigenvalue weighted by atomic mass is 9.77. The van der Waals surface area contributed by atoms with Crippen molar-refractivity contribution < 1.29 is 9.84 Å². The van der Waals surface area contributed by atoms with Crippen molar-refractivity contribution in [3.05, 3.63) is 51.5 Å². The van der Waals surface area contributed by atoms with Crippen LogP contribution in [0.3, 0.4) is 0 Å². The van der Waals surface area contributed by atoms with E-state index in [9.17, 15) is 5.11 Å². The third-order valence-electron chi connectivity index (χ3n) is 5.23. The molecular formula is C19H24N2O2S. The Bertz CT molecular complexity index is 696. The van der Waals surface area contributed by atoms with Gasteiger partial charge in [-0.05, 0) is 43.2 Å². The Labute approximate surface area is 146 Å². The second kappa shape index (κ2) is 6.92. The van der Waals surface area contributed by atoms with E-state index in [2.05, 4.69) is 34.6 Å². The number of aliphatic hydroxyl groups excluding tert-OH is 1. The molecule has 0 radical (unpaired) electrons. The first-order valence-electron chi connectivity index (χ1n) is 8.81. The number of rotatable bonds is 5. The number of nitrogens with one attached hydrogen (secondary N) is 1. The zero-order chi connectivity index (χ0) is 16.4. The van der Waals surface area contributed by atoms with Crippen LogP contribution in [-0.2, 0) is 23.2 Å². The standard InChI is InChI=1S/C19H24N2O2S/c22-13-19(9-3-6-14-5-1-2-7-16(14)19)21-12-15-11-20-18(24-15)17-8-4-10-23-17/h1-2,5,7,11,17,21-22H,3-4,6,8-10,12-13H2. The highest BCUT2D eigenvalue weighted by Crippen LogP contribution is 2.36. The number of fused-ring (bicyclic) bond motifs is 1. The van der Waals surface area contributed by atoms with Crippen molar-refractivity contribution in [1.29, 1.82) is 0 Å². The van der Waals surface area contributed by atoms with Gasteiger partial charge in [-0.25, -0.2) is 4.98 Å². The van der Waals surface area contributed by atoms with Gasteiger partial charge in [0.05, 0.1) is 12.1 Å². The van der Waals surface area contributed by atoms with Gasteiger partial charge in [-0.1, -0.05) is 24.3 Å². The fraction of sp³-hybridized carbons (Fsp3) is 0.526. The minimum Gasteiger partial charge on any atom is -0.394 e. The molecule has 24 heavy (non-hydrogen) atoms. The predicted octanol–water partition coefficient (Wildman–Crippen LogP) is 3.31. The summed E-state index contributed by atoms with van der Waals surface area (Å²) in [5.41, 5.74) is 2.28. The molecule has 0 spiro atoms. The molecule has 2 atom stereocenters. The lowest BCUT2D eigenvalue weighted by Gasteiger charge is -2.38. The highest BCUT2D eigenvalue weighted by molar-refractivity contribution is 7.11. The van der Waals surface area contributed by atoms with Crippen LogP contribution >= 0.6 is 11.3 Å². The summed E-state index contributed by atoms with van der Waals surface area (Å²) in [6.07, 6.45) is 7.52. The van der Waals surface area contributed by atoms with Crippen LogP contribution < -0.4 is 5.32 Å². The number of hydrogen-bond donors (Lipinski definition) is 2. The van der Waals surface area contributed by atoms with Crippen LogP contribution in [0.1, 0.15) is 52.8 Å². The summed E-state index contributed by atoms with van der Waals surface area (Å²) in [5.74, 6) is 0. The Morgan fingerprint density at radius 1 is 1.33 bits per heavy atom. The molecule has 0 saturated carbocycles. The second-order valence-corrected chi connectivity index (χ2v) is 7.92. The van der Waals surface area contributed by atoms with Crippen molar-refractivity contribution in [3.63, 3.8) is 0 Å². The third kappa shape index (κ3) is 3.02. The van der Waals surface area contributed by atoms with E-state index in [1.807, 2.05) is 6.20 Å². The number of ether oxygens (including phenoxy) is 1. The zero-order valence-electron chi connectivity index (χ0n) is 13.8. The van der Waals surface area contributed by atoms with Gasteiger partial charge in [-0.2, -0.15) is 0 Å². The highest BCUT2D eigenvalue weighted by atomic mass is 32.1. The van der Waals surface area contributed by atoms with E-state index in [4.69, 9.17) is 4.74 Å². The van der Waals surface area contributed by atoms with Crippen molar-refractivity contribution >= 4 is 11.3 Å². The van der Waals surface area contributed by atoms with Gasteiger partial charge in [0.2, 0.25) is 0 Å². The van der Waals surface area contributed by atoms with Crippen molar-refractivity contribution in [1.82, 2.24) is 10.3 Å². The maximum atomic E-state index is 10.1. The molecule has 1 fully saturated rings. The molecule has 2 N–H and O–H groups in total. The van der Waals surface area contributed by atoms with E-state index in [-0.39, 0.29) is 18.2 Å². The average molecular weight is 344 g/mol. The number of nitrogens with zero attached hydrogens (tertiary/aromatic N) is 1. The Balaban J connectivity index is 1.50. The molecule has 4 rings (SSSR count). The molecule has 1 aliphatic carbocycles. The maximum Gasteiger partial charge on any atom is 0.122 e. The fourth-order valence-electron chi connectivity index (χ4n) is 3.91. The second-order valence-electron chi connectivity index (χ2n) is 6.77. The average Bonchev–Trinajstić information content (AvgIpc) is 3.31. The first kappa shape index (κ1) is 16.2. The topological polar surface area (TPSA) is 54.4 Å². The number of thiazole rings is 1. The summed E-state index contributed by atoms with van der Waals surface area (Å²) in [6.45, 7) is 1.71. The van der Waals surface area contributed by atoms with Crippen molar-refractivity contribution in [3.8, 4) is 0 Å². The Kier molecular flexibility index (Phi) is 4.68. The van der Waals surface area contributed by atoms with Crippen LogP contribution in [0, 0.1) is 0 Å². The molecule has 2 aromatic rings. The molecule has 1 aliphatic heterocycles. The molecule has 1 aromatic carbocycles. The molecule has 2 unspecified atom stereocenters. The maximum absolute atomic E-state index is 10.1. The van der Waals surface area contributed by atoms with Gasteiger partial charge in [0.15, 0.2) is 0 Å². The van der Waals surface area contributed by atoms with Crippen LogP contribution in [0.2, 0.25) is 0 Å². The van der Waals surface area contributed by atoms with E-state index >= 15 is 0 Å². The number of hydrogen-bond acceptors (Lipinski definition) is 5. The molecule has 4 nitrogen and oxygen atoms in total. The summed E-state index contributed by atoms with van der Waals surface area (Å²) in [4.78, 5) is 5.75. The van der Waals surface area contributed by atoms with E-state index < -0.39 is 0 Å². The minimum absolute atomic E-state index is 0.126. The summed E-state index contributed by atoms with van der Waals surface area (Å²) in [6, 6.07) is 8.49. The van der Waals surface area contributed by atoms with Gasteiger partial charge in [-0.3, -0.25) is 0 Å². The van der Waals surface area contributed by atoms with Crippen molar-refractivity contribution in [2.45, 2.75) is 50.3 Å². The molecule has 0 bridgehead atoms. The monoisotopic (exact) mass is 344 g/mol. The smallest absolute Gasteiger partial charge is 0.122 e. The molecule has 1 aromatic heterocycles. The quantitative estimate of drug-likeness (QED) is 0.874. The molecule has 128 valence electrons. The summed E-state index contributed by atoms with van der Waals surface area (Å²) in [7, 11) is 0. The normalized spacial score (nSPS) is 26.5. The third-order valence-corrected chi connectivity index (χ3v) is 6.32. The molecule has 0 amide bonds. The lowest BCUT2D eigenvalue weighted by Crippen LogP contribution is -2.47. The lowest BCUT2D eigenvalue weighted by molar-refractivity contribution is 0.111. The van der Waals surface area contributed by atoms with Gasteiger partial charge >= 0.3 is 0 Å². The van der Waals surface area contributed by atoms with Gasteiger partial charge < -0.3 is 15.2 Å². The predicted molar refractivity (Wildman–Crippen MR) is 95.0 cm³/mol. The SMILES string of the molecule is OCC1(NCc2cnc(C3CCCO3)s2)CCCc2ccccc21. The Morgan fingerprint density at radius 2 is 2.25 bits per heavy atom. The number of aliphatic hydroxyl groups is 1. The Hall–Kier alpha value is -1.27. The van der Waals surface area contributed by atoms with Crippen molar-refractivity contribution in [2.75, 3.05) is 13.2 Å². The van der Waals surface area contributed by atoms with Crippen LogP contribution in [0.15, 0.2) is 30.5 Å². The van der Waals surface area contributed by atoms with Gasteiger partial charge in [0.25, 0.3) is 0 Å². The van der Waals surface area contributed by atoms with Crippen LogP contribution in [0.5, 0.6) is 0 Å². The van der Waals surface area contributed by atoms with Gasteiger partial charge in [0, 0.05) is 24.2 Å². The molecule has 1 saturated heterocycles. The highest BCUT2D eigenvalue weighted by Gasteiger charge is 2.35. The van der Waals surface area contributed by atoms with E-state index in [0.717, 1.165) is 50.3 Å². The van der Waals surface area contributed by atoms with E-state index in [0.29, 0.717) is 0 Å². The molecule has 2 aliphatic rings. The van der Waals surface area contributed by atoms with E-state index in [1.165, 1.54) is 16.0 Å². The first-order valence-corrected chi connectivity index (χ1v) is 9.63. The number of benzene rings is 1. The van der Waals surface area contributed by atoms with E-state index in [1.54, 1.807) is 11.3 Å². The largest absolute Gasteiger partial charge is 0.394 e. The Morgan fingerprint density at radius 3 is 3.08 bits per heavy atom. The van der Waals surface area contributed by atoms with Crippen LogP contribution in [-0.4, -0.2) is 23.3 Å². The number of aryl methyl sites for hydroxylation is 1. The zero-order valence-corrected chi connectivity index (χ0v) is 14.6.